The van der Waals surface area contributed by atoms with Crippen LogP contribution >= 0.6 is 23.2 Å². The summed E-state index contributed by atoms with van der Waals surface area (Å²) in [5.74, 6) is 0.888. The normalized spacial score (nSPS) is 22.6. The summed E-state index contributed by atoms with van der Waals surface area (Å²) in [6, 6.07) is 13.3. The van der Waals surface area contributed by atoms with Crippen LogP contribution in [0.3, 0.4) is 0 Å². The zero-order valence-electron chi connectivity index (χ0n) is 12.5. The Labute approximate surface area is 145 Å². The number of aliphatic imine (C=N–C) groups is 1. The molecule has 0 saturated carbocycles. The monoisotopic (exact) mass is 346 g/mol. The van der Waals surface area contributed by atoms with Gasteiger partial charge in [0, 0.05) is 40.7 Å². The number of halogens is 2. The second-order valence-corrected chi connectivity index (χ2v) is 6.83. The molecule has 118 valence electrons. The molecule has 3 nitrogen and oxygen atoms in total. The third-order valence-electron chi connectivity index (χ3n) is 4.55. The molecule has 2 aliphatic rings. The molecule has 2 aliphatic heterocycles. The summed E-state index contributed by atoms with van der Waals surface area (Å²) in [6.07, 6.45) is 1.34. The molecular formula is C18H16Cl2N2O. The average Bonchev–Trinajstić information content (AvgIpc) is 2.81. The SMILES string of the molecule is OC1(Cc2ccc(Cl)cc2Cl)c2ccccc2C2=NCCCN21. The van der Waals surface area contributed by atoms with E-state index in [1.165, 1.54) is 0 Å². The van der Waals surface area contributed by atoms with Crippen molar-refractivity contribution in [1.82, 2.24) is 4.90 Å². The summed E-state index contributed by atoms with van der Waals surface area (Å²) >= 11 is 12.3. The molecule has 4 rings (SSSR count). The smallest absolute Gasteiger partial charge is 0.170 e. The van der Waals surface area contributed by atoms with Gasteiger partial charge in [-0.2, -0.15) is 0 Å². The van der Waals surface area contributed by atoms with E-state index in [0.717, 1.165) is 42.0 Å². The predicted octanol–water partition coefficient (Wildman–Crippen LogP) is 3.85. The zero-order valence-corrected chi connectivity index (χ0v) is 14.0. The summed E-state index contributed by atoms with van der Waals surface area (Å²) in [5.41, 5.74) is 1.67. The second-order valence-electron chi connectivity index (χ2n) is 5.99. The van der Waals surface area contributed by atoms with E-state index in [4.69, 9.17) is 23.2 Å². The summed E-state index contributed by atoms with van der Waals surface area (Å²) < 4.78 is 0. The Balaban J connectivity index is 1.82. The molecule has 2 aromatic carbocycles. The third kappa shape index (κ3) is 2.35. The Kier molecular flexibility index (Phi) is 3.60. The van der Waals surface area contributed by atoms with Crippen LogP contribution in [0.5, 0.6) is 0 Å². The lowest BCUT2D eigenvalue weighted by Gasteiger charge is -2.37. The number of hydrogen-bond acceptors (Lipinski definition) is 3. The van der Waals surface area contributed by atoms with E-state index in [1.54, 1.807) is 12.1 Å². The van der Waals surface area contributed by atoms with Gasteiger partial charge < -0.3 is 10.0 Å². The summed E-state index contributed by atoms with van der Waals surface area (Å²) in [6.45, 7) is 1.59. The van der Waals surface area contributed by atoms with Gasteiger partial charge >= 0.3 is 0 Å². The Hall–Kier alpha value is -1.55. The molecule has 2 heterocycles. The van der Waals surface area contributed by atoms with Gasteiger partial charge in [-0.25, -0.2) is 0 Å². The van der Waals surface area contributed by atoms with Crippen LogP contribution in [-0.2, 0) is 12.1 Å². The van der Waals surface area contributed by atoms with Crippen molar-refractivity contribution in [1.29, 1.82) is 0 Å². The molecule has 5 heteroatoms. The fraction of sp³-hybridized carbons (Fsp3) is 0.278. The molecule has 23 heavy (non-hydrogen) atoms. The van der Waals surface area contributed by atoms with E-state index in [9.17, 15) is 5.11 Å². The Morgan fingerprint density at radius 3 is 2.83 bits per heavy atom. The van der Waals surface area contributed by atoms with Gasteiger partial charge in [-0.15, -0.1) is 0 Å². The van der Waals surface area contributed by atoms with Gasteiger partial charge in [0.05, 0.1) is 0 Å². The minimum absolute atomic E-state index is 0.402. The molecule has 1 N–H and O–H groups in total. The van der Waals surface area contributed by atoms with Gasteiger partial charge in [0.2, 0.25) is 0 Å². The first-order chi connectivity index (χ1) is 11.1. The topological polar surface area (TPSA) is 35.8 Å². The number of aliphatic hydroxyl groups is 1. The number of benzene rings is 2. The molecule has 0 saturated heterocycles. The Morgan fingerprint density at radius 2 is 2.00 bits per heavy atom. The predicted molar refractivity (Wildman–Crippen MR) is 93.2 cm³/mol. The largest absolute Gasteiger partial charge is 0.366 e. The molecule has 1 atom stereocenters. The van der Waals surface area contributed by atoms with E-state index in [0.29, 0.717) is 16.5 Å². The highest BCUT2D eigenvalue weighted by Crippen LogP contribution is 2.42. The first kappa shape index (κ1) is 15.0. The van der Waals surface area contributed by atoms with Crippen LogP contribution in [-0.4, -0.2) is 28.9 Å². The van der Waals surface area contributed by atoms with Crippen LogP contribution in [0.25, 0.3) is 0 Å². The second kappa shape index (κ2) is 5.52. The van der Waals surface area contributed by atoms with Gasteiger partial charge in [-0.3, -0.25) is 4.99 Å². The van der Waals surface area contributed by atoms with Crippen LogP contribution in [0.1, 0.15) is 23.1 Å². The minimum Gasteiger partial charge on any atom is -0.366 e. The fourth-order valence-electron chi connectivity index (χ4n) is 3.49. The highest BCUT2D eigenvalue weighted by molar-refractivity contribution is 6.35. The average molecular weight is 347 g/mol. The molecule has 0 radical (unpaired) electrons. The summed E-state index contributed by atoms with van der Waals surface area (Å²) in [4.78, 5) is 6.64. The lowest BCUT2D eigenvalue weighted by atomic mass is 9.94. The number of rotatable bonds is 2. The first-order valence-corrected chi connectivity index (χ1v) is 8.43. The lowest BCUT2D eigenvalue weighted by Crippen LogP contribution is -2.47. The maximum atomic E-state index is 11.5. The van der Waals surface area contributed by atoms with Crippen molar-refractivity contribution in [3.8, 4) is 0 Å². The summed E-state index contributed by atoms with van der Waals surface area (Å²) in [7, 11) is 0. The zero-order chi connectivity index (χ0) is 16.0. The number of hydrogen-bond donors (Lipinski definition) is 1. The van der Waals surface area contributed by atoms with Crippen LogP contribution in [0.4, 0.5) is 0 Å². The molecule has 0 bridgehead atoms. The molecular weight excluding hydrogens is 331 g/mol. The molecule has 0 aliphatic carbocycles. The molecule has 2 aromatic rings. The molecule has 1 unspecified atom stereocenters. The highest BCUT2D eigenvalue weighted by Gasteiger charge is 2.47. The van der Waals surface area contributed by atoms with Crippen LogP contribution in [0, 0.1) is 0 Å². The van der Waals surface area contributed by atoms with Crippen molar-refractivity contribution in [2.45, 2.75) is 18.6 Å². The van der Waals surface area contributed by atoms with Gasteiger partial charge in [0.25, 0.3) is 0 Å². The minimum atomic E-state index is -1.12. The van der Waals surface area contributed by atoms with E-state index < -0.39 is 5.72 Å². The van der Waals surface area contributed by atoms with Gasteiger partial charge in [-0.1, -0.05) is 53.5 Å². The number of amidine groups is 1. The highest BCUT2D eigenvalue weighted by atomic mass is 35.5. The molecule has 0 aromatic heterocycles. The van der Waals surface area contributed by atoms with Crippen molar-refractivity contribution >= 4 is 29.0 Å². The van der Waals surface area contributed by atoms with Gasteiger partial charge in [0.1, 0.15) is 5.84 Å². The first-order valence-electron chi connectivity index (χ1n) is 7.68. The van der Waals surface area contributed by atoms with E-state index in [2.05, 4.69) is 4.99 Å². The Bertz CT molecular complexity index is 805. The van der Waals surface area contributed by atoms with Crippen molar-refractivity contribution in [2.75, 3.05) is 13.1 Å². The number of nitrogens with zero attached hydrogens (tertiary/aromatic N) is 2. The van der Waals surface area contributed by atoms with Crippen LogP contribution in [0.15, 0.2) is 47.5 Å². The molecule has 0 amide bonds. The van der Waals surface area contributed by atoms with Crippen molar-refractivity contribution in [2.24, 2.45) is 4.99 Å². The van der Waals surface area contributed by atoms with E-state index in [-0.39, 0.29) is 0 Å². The number of fused-ring (bicyclic) bond motifs is 3. The third-order valence-corrected chi connectivity index (χ3v) is 5.14. The van der Waals surface area contributed by atoms with E-state index in [1.807, 2.05) is 35.2 Å². The van der Waals surface area contributed by atoms with Crippen molar-refractivity contribution in [3.05, 3.63) is 69.2 Å². The maximum absolute atomic E-state index is 11.5. The summed E-state index contributed by atoms with van der Waals surface area (Å²) in [5, 5.41) is 12.7. The van der Waals surface area contributed by atoms with Gasteiger partial charge in [0.15, 0.2) is 5.72 Å². The maximum Gasteiger partial charge on any atom is 0.170 e. The van der Waals surface area contributed by atoms with Crippen LogP contribution in [0.2, 0.25) is 10.0 Å². The van der Waals surface area contributed by atoms with E-state index >= 15 is 0 Å². The lowest BCUT2D eigenvalue weighted by molar-refractivity contribution is -0.0703. The molecule has 0 spiro atoms. The standard InChI is InChI=1S/C18H16Cl2N2O/c19-13-7-6-12(16(20)10-13)11-18(23)15-5-2-1-4-14(15)17-21-8-3-9-22(17)18/h1-2,4-7,10,23H,3,8-9,11H2. The molecule has 0 fully saturated rings. The Morgan fingerprint density at radius 1 is 1.17 bits per heavy atom. The van der Waals surface area contributed by atoms with Crippen molar-refractivity contribution in [3.63, 3.8) is 0 Å². The quantitative estimate of drug-likeness (QED) is 0.896. The van der Waals surface area contributed by atoms with Crippen LogP contribution < -0.4 is 0 Å². The van der Waals surface area contributed by atoms with Gasteiger partial charge in [-0.05, 0) is 24.1 Å². The fourth-order valence-corrected chi connectivity index (χ4v) is 3.96. The van der Waals surface area contributed by atoms with Crippen molar-refractivity contribution < 1.29 is 5.11 Å².